The average molecular weight is 1500 g/mol. The van der Waals surface area contributed by atoms with Crippen molar-refractivity contribution in [2.75, 3.05) is 38.2 Å². The van der Waals surface area contributed by atoms with Gasteiger partial charge in [-0.05, 0) is 132 Å². The third-order valence-electron chi connectivity index (χ3n) is 16.6. The number of guanidine groups is 1. The fraction of sp³-hybridized carbons (Fsp3) is 0.582. The summed E-state index contributed by atoms with van der Waals surface area (Å²) in [6.45, 7) is 7.57. The van der Waals surface area contributed by atoms with Crippen molar-refractivity contribution in [2.45, 2.75) is 197 Å². The maximum absolute atomic E-state index is 14.2. The number of primary amides is 2. The molecule has 582 valence electrons. The van der Waals surface area contributed by atoms with Crippen molar-refractivity contribution in [2.24, 2.45) is 45.5 Å². The van der Waals surface area contributed by atoms with Crippen LogP contribution >= 0.6 is 11.8 Å². The number of nitrogens with zero attached hydrogens (tertiary/aromatic N) is 2. The predicted octanol–water partition coefficient (Wildman–Crippen LogP) is -5.13. The average Bonchev–Trinajstić information content (AvgIpc) is 1.76. The Hall–Kier alpha value is -10.1. The van der Waals surface area contributed by atoms with Gasteiger partial charge in [0.25, 0.3) is 5.91 Å². The minimum atomic E-state index is -1.94. The van der Waals surface area contributed by atoms with E-state index in [9.17, 15) is 91.6 Å². The van der Waals surface area contributed by atoms with Gasteiger partial charge < -0.3 is 107 Å². The van der Waals surface area contributed by atoms with Gasteiger partial charge in [0.05, 0.1) is 25.2 Å². The molecule has 14 amide bonds. The van der Waals surface area contributed by atoms with E-state index in [-0.39, 0.29) is 69.7 Å². The maximum atomic E-state index is 14.2. The molecule has 24 N–H and O–H groups in total. The minimum absolute atomic E-state index is 0.0228. The van der Waals surface area contributed by atoms with Crippen LogP contribution in [-0.4, -0.2) is 232 Å². The first-order valence-corrected chi connectivity index (χ1v) is 35.7. The molecule has 0 saturated carbocycles. The monoisotopic (exact) mass is 1500 g/mol. The Balaban J connectivity index is 1.82. The van der Waals surface area contributed by atoms with Gasteiger partial charge in [-0.15, -0.1) is 0 Å². The summed E-state index contributed by atoms with van der Waals surface area (Å²) in [6, 6.07) is -3.89. The number of carboxylic acids is 1. The molecule has 38 heteroatoms. The van der Waals surface area contributed by atoms with Crippen molar-refractivity contribution in [3.63, 3.8) is 0 Å². The summed E-state index contributed by atoms with van der Waals surface area (Å²) < 4.78 is 13.7. The number of carboxylic acid groups (broad SMARTS) is 1. The van der Waals surface area contributed by atoms with Crippen LogP contribution in [-0.2, 0) is 73.5 Å². The van der Waals surface area contributed by atoms with E-state index in [2.05, 4.69) is 63.5 Å². The number of aliphatic carboxylic acids is 1. The van der Waals surface area contributed by atoms with Gasteiger partial charge in [0.2, 0.25) is 76.8 Å². The molecule has 1 fully saturated rings. The van der Waals surface area contributed by atoms with E-state index >= 15 is 0 Å². The number of hydrogen-bond donors (Lipinski definition) is 19. The largest absolute Gasteiger partial charge is 0.481 e. The third-order valence-corrected chi connectivity index (χ3v) is 17.3. The number of thioether (sulfide) groups is 1. The van der Waals surface area contributed by atoms with Gasteiger partial charge in [-0.25, -0.2) is 4.39 Å². The molecule has 0 aliphatic carbocycles. The first kappa shape index (κ1) is 89.1. The molecule has 2 aromatic rings. The third kappa shape index (κ3) is 31.0. The molecule has 1 heterocycles. The molecule has 2 aromatic carbocycles. The lowest BCUT2D eigenvalue weighted by molar-refractivity contribution is -0.141. The molecule has 0 spiro atoms. The number of carbonyl (C=O) groups excluding carboxylic acids is 14. The van der Waals surface area contributed by atoms with Crippen LogP contribution in [0.3, 0.4) is 0 Å². The zero-order valence-electron chi connectivity index (χ0n) is 59.9. The van der Waals surface area contributed by atoms with Gasteiger partial charge in [0.15, 0.2) is 5.96 Å². The molecule has 0 unspecified atom stereocenters. The molecule has 0 aromatic heterocycles. The van der Waals surface area contributed by atoms with Crippen LogP contribution in [0.15, 0.2) is 59.6 Å². The van der Waals surface area contributed by atoms with Crippen LogP contribution in [0, 0.1) is 17.7 Å². The van der Waals surface area contributed by atoms with Crippen LogP contribution in [0.5, 0.6) is 0 Å². The van der Waals surface area contributed by atoms with Crippen LogP contribution in [0.2, 0.25) is 0 Å². The lowest BCUT2D eigenvalue weighted by atomic mass is 10.00. The summed E-state index contributed by atoms with van der Waals surface area (Å²) in [7, 11) is 0. The SMILES string of the molecule is CSCC[C@H](NC(=O)[C@@H](NC(=O)[C@H](Cc1ccccc1)NC(=O)[C@@H](NC(=O)[C@H](CC(=O)O)NC(=O)CNC(=O)[C@H](CCCN=C(N)N)NC(=O)[C@@H](NC(=O)[C@@H](NC(=O)[C@H](CCC(N)=O)NC(=O)[C@@H]1CCCN1C(=O)[C@H](CCCCN)NC(=O)c1ccc(F)cc1)C(C)C)[C@@H](C)O)C(C)C)[C@@H](C)O)C(N)=O. The second kappa shape index (κ2) is 45.2. The Morgan fingerprint density at radius 1 is 0.571 bits per heavy atom. The Morgan fingerprint density at radius 2 is 1.09 bits per heavy atom. The first-order valence-electron chi connectivity index (χ1n) is 34.3. The highest BCUT2D eigenvalue weighted by atomic mass is 32.2. The number of halogens is 1. The molecule has 0 radical (unpaired) electrons. The second-order valence-electron chi connectivity index (χ2n) is 25.9. The topological polar surface area (TPSA) is 595 Å². The van der Waals surface area contributed by atoms with Gasteiger partial charge in [0, 0.05) is 31.5 Å². The predicted molar refractivity (Wildman–Crippen MR) is 382 cm³/mol. The summed E-state index contributed by atoms with van der Waals surface area (Å²) in [5, 5.41) is 58.3. The number of aliphatic hydroxyl groups excluding tert-OH is 2. The van der Waals surface area contributed by atoms with Crippen molar-refractivity contribution in [1.82, 2.24) is 63.4 Å². The van der Waals surface area contributed by atoms with E-state index in [4.69, 9.17) is 28.7 Å². The molecule has 13 atom stereocenters. The highest BCUT2D eigenvalue weighted by molar-refractivity contribution is 7.98. The van der Waals surface area contributed by atoms with E-state index in [1.54, 1.807) is 36.6 Å². The van der Waals surface area contributed by atoms with E-state index in [1.165, 1.54) is 63.4 Å². The normalized spacial score (nSPS) is 16.0. The number of amides is 14. The summed E-state index contributed by atoms with van der Waals surface area (Å²) in [4.78, 5) is 209. The number of aliphatic hydroxyl groups is 2. The number of carbonyl (C=O) groups is 15. The maximum Gasteiger partial charge on any atom is 0.305 e. The molecule has 1 aliphatic rings. The summed E-state index contributed by atoms with van der Waals surface area (Å²) in [5.74, 6) is -17.2. The highest BCUT2D eigenvalue weighted by Crippen LogP contribution is 2.22. The second-order valence-corrected chi connectivity index (χ2v) is 26.9. The molecule has 1 aliphatic heterocycles. The molecular weight excluding hydrogens is 1400 g/mol. The number of nitrogens with two attached hydrogens (primary N) is 5. The van der Waals surface area contributed by atoms with Crippen LogP contribution in [0.25, 0.3) is 0 Å². The number of nitrogens with one attached hydrogen (secondary N) is 11. The Kier molecular flexibility index (Phi) is 38.4. The first-order chi connectivity index (χ1) is 49.5. The van der Waals surface area contributed by atoms with Crippen LogP contribution in [0.4, 0.5) is 4.39 Å². The number of benzene rings is 2. The van der Waals surface area contributed by atoms with Crippen molar-refractivity contribution in [1.29, 1.82) is 0 Å². The van der Waals surface area contributed by atoms with Crippen LogP contribution in [0.1, 0.15) is 128 Å². The smallest absolute Gasteiger partial charge is 0.305 e. The standard InChI is InChI=1S/C67H103FN18O18S/c1-34(2)51(62(100)81-45(31-38-15-9-8-10-16-38)59(97)84-53(36(5)87)64(102)77-41(55(71)93)26-30-105-7)83-60(98)46(32-50(91)92)76-49(90)33-75-57(95)42(18-13-28-74-67(72)73)79-65(103)54(37(6)88)85-63(101)52(35(3)4)82-58(96)43(24-25-48(70)89)78-61(99)47-19-14-29-86(47)66(104)44(17-11-12-27-69)80-56(94)39-20-22-40(68)23-21-39/h8-10,15-16,20-23,34-37,41-47,51-54,87-88H,11-14,17-19,24-33,69H2,1-7H3,(H2,70,89)(H2,71,93)(H,75,95)(H,76,90)(H,77,102)(H,78,99)(H,79,103)(H,80,94)(H,81,100)(H,82,96)(H,83,98)(H,84,97)(H,85,101)(H,91,92)(H4,72,73,74)/t36-,37-,41+,42+,43+,44+,45+,46+,47+,51+,52+,53+,54+/m1/s1. The van der Waals surface area contributed by atoms with Crippen molar-refractivity contribution in [3.8, 4) is 0 Å². The summed E-state index contributed by atoms with van der Waals surface area (Å²) in [5.41, 5.74) is 28.2. The molecule has 36 nitrogen and oxygen atoms in total. The van der Waals surface area contributed by atoms with Crippen molar-refractivity contribution < 1.29 is 91.6 Å². The summed E-state index contributed by atoms with van der Waals surface area (Å²) >= 11 is 1.38. The molecule has 105 heavy (non-hydrogen) atoms. The number of hydrogen-bond acceptors (Lipinski definition) is 20. The van der Waals surface area contributed by atoms with Crippen LogP contribution < -0.4 is 87.2 Å². The van der Waals surface area contributed by atoms with Crippen molar-refractivity contribution >= 4 is 106 Å². The van der Waals surface area contributed by atoms with E-state index in [0.717, 1.165) is 19.1 Å². The van der Waals surface area contributed by atoms with Gasteiger partial charge in [-0.1, -0.05) is 58.0 Å². The quantitative estimate of drug-likeness (QED) is 0.0167. The van der Waals surface area contributed by atoms with Gasteiger partial charge in [-0.2, -0.15) is 11.8 Å². The fourth-order valence-corrected chi connectivity index (χ4v) is 11.3. The molecular formula is C67H103FN18O18S. The molecule has 1 saturated heterocycles. The fourth-order valence-electron chi connectivity index (χ4n) is 10.9. The van der Waals surface area contributed by atoms with Crippen molar-refractivity contribution in [3.05, 3.63) is 71.5 Å². The Morgan fingerprint density at radius 3 is 1.62 bits per heavy atom. The number of unbranched alkanes of at least 4 members (excludes halogenated alkanes) is 1. The number of likely N-dealkylation sites (tertiary alicyclic amines) is 1. The Bertz CT molecular complexity index is 3350. The number of rotatable bonds is 46. The van der Waals surface area contributed by atoms with Gasteiger partial charge >= 0.3 is 5.97 Å². The van der Waals surface area contributed by atoms with Gasteiger partial charge in [-0.3, -0.25) is 76.9 Å². The zero-order valence-corrected chi connectivity index (χ0v) is 60.7. The Labute approximate surface area is 611 Å². The van der Waals surface area contributed by atoms with E-state index in [1.807, 2.05) is 0 Å². The molecule has 0 bridgehead atoms. The lowest BCUT2D eigenvalue weighted by Crippen LogP contribution is -2.62. The highest BCUT2D eigenvalue weighted by Gasteiger charge is 2.42. The lowest BCUT2D eigenvalue weighted by Gasteiger charge is -2.31. The van der Waals surface area contributed by atoms with E-state index < -0.39 is 211 Å². The minimum Gasteiger partial charge on any atom is -0.481 e. The number of aliphatic imine (C=N–C) groups is 1. The van der Waals surface area contributed by atoms with Gasteiger partial charge in [0.1, 0.15) is 72.3 Å². The zero-order chi connectivity index (χ0) is 78.8. The molecule has 3 rings (SSSR count). The van der Waals surface area contributed by atoms with E-state index in [0.29, 0.717) is 30.6 Å². The summed E-state index contributed by atoms with van der Waals surface area (Å²) in [6.07, 6.45) is -2.34.